The number of pyridine rings is 1. The van der Waals surface area contributed by atoms with Gasteiger partial charge in [0.2, 0.25) is 0 Å². The average Bonchev–Trinajstić information content (AvgIpc) is 2.44. The van der Waals surface area contributed by atoms with E-state index in [4.69, 9.17) is 9.84 Å². The van der Waals surface area contributed by atoms with Gasteiger partial charge in [-0.1, -0.05) is 18.2 Å². The number of para-hydroxylation sites is 1. The van der Waals surface area contributed by atoms with E-state index >= 15 is 0 Å². The molecule has 7 heteroatoms. The molecule has 0 bridgehead atoms. The van der Waals surface area contributed by atoms with E-state index in [1.165, 1.54) is 12.3 Å². The maximum absolute atomic E-state index is 11.0. The van der Waals surface area contributed by atoms with Crippen molar-refractivity contribution in [2.45, 2.75) is 13.5 Å². The fourth-order valence-electron chi connectivity index (χ4n) is 1.89. The zero-order valence-electron chi connectivity index (χ0n) is 11.1. The summed E-state index contributed by atoms with van der Waals surface area (Å²) >= 11 is 0. The third-order valence-electron chi connectivity index (χ3n) is 2.86. The lowest BCUT2D eigenvalue weighted by Crippen LogP contribution is -2.08. The van der Waals surface area contributed by atoms with Crippen LogP contribution in [-0.4, -0.2) is 21.0 Å². The number of nitrogens with zero attached hydrogens (tertiary/aromatic N) is 2. The summed E-state index contributed by atoms with van der Waals surface area (Å²) in [6.45, 7) is 1.50. The first-order chi connectivity index (χ1) is 10.0. The van der Waals surface area contributed by atoms with Gasteiger partial charge in [-0.15, -0.1) is 0 Å². The summed E-state index contributed by atoms with van der Waals surface area (Å²) in [6.07, 6.45) is 1.36. The molecule has 1 aromatic carbocycles. The van der Waals surface area contributed by atoms with Crippen LogP contribution in [0.15, 0.2) is 36.5 Å². The van der Waals surface area contributed by atoms with E-state index in [-0.39, 0.29) is 23.7 Å². The van der Waals surface area contributed by atoms with Crippen molar-refractivity contribution in [1.29, 1.82) is 0 Å². The lowest BCUT2D eigenvalue weighted by atomic mass is 10.2. The van der Waals surface area contributed by atoms with Gasteiger partial charge in [0.1, 0.15) is 6.61 Å². The van der Waals surface area contributed by atoms with Crippen LogP contribution in [0.1, 0.15) is 21.6 Å². The minimum atomic E-state index is -1.17. The molecule has 0 fully saturated rings. The standard InChI is InChI=1S/C14H12N2O5/c1-9-4-2-6-11(13(9)16(19)20)21-8-10-5-3-7-15-12(10)14(17)18/h2-7H,8H2,1H3,(H,17,18). The molecule has 0 unspecified atom stereocenters. The fourth-order valence-corrected chi connectivity index (χ4v) is 1.89. The van der Waals surface area contributed by atoms with Crippen molar-refractivity contribution in [2.75, 3.05) is 0 Å². The molecular formula is C14H12N2O5. The quantitative estimate of drug-likeness (QED) is 0.670. The molecule has 1 heterocycles. The third-order valence-corrected chi connectivity index (χ3v) is 2.86. The number of ether oxygens (including phenoxy) is 1. The molecule has 0 saturated heterocycles. The number of rotatable bonds is 5. The van der Waals surface area contributed by atoms with Crippen LogP contribution < -0.4 is 4.74 Å². The van der Waals surface area contributed by atoms with Crippen molar-refractivity contribution in [3.05, 3.63) is 63.5 Å². The predicted molar refractivity (Wildman–Crippen MR) is 73.4 cm³/mol. The lowest BCUT2D eigenvalue weighted by Gasteiger charge is -2.09. The Kier molecular flexibility index (Phi) is 4.13. The Morgan fingerprint density at radius 1 is 1.38 bits per heavy atom. The van der Waals surface area contributed by atoms with Crippen LogP contribution in [0.5, 0.6) is 5.75 Å². The Hall–Kier alpha value is -2.96. The zero-order chi connectivity index (χ0) is 15.4. The molecule has 0 atom stereocenters. The molecule has 0 spiro atoms. The normalized spacial score (nSPS) is 10.1. The van der Waals surface area contributed by atoms with Crippen LogP contribution >= 0.6 is 0 Å². The predicted octanol–water partition coefficient (Wildman–Crippen LogP) is 2.58. The van der Waals surface area contributed by atoms with Crippen molar-refractivity contribution in [3.8, 4) is 5.75 Å². The molecule has 0 aliphatic rings. The summed E-state index contributed by atoms with van der Waals surface area (Å²) in [5.74, 6) is -1.08. The first kappa shape index (κ1) is 14.4. The van der Waals surface area contributed by atoms with E-state index in [1.807, 2.05) is 0 Å². The monoisotopic (exact) mass is 288 g/mol. The van der Waals surface area contributed by atoms with E-state index < -0.39 is 10.9 Å². The van der Waals surface area contributed by atoms with E-state index in [0.29, 0.717) is 11.1 Å². The topological polar surface area (TPSA) is 103 Å². The second-order valence-corrected chi connectivity index (χ2v) is 4.28. The van der Waals surface area contributed by atoms with Crippen molar-refractivity contribution < 1.29 is 19.6 Å². The van der Waals surface area contributed by atoms with E-state index in [9.17, 15) is 14.9 Å². The smallest absolute Gasteiger partial charge is 0.354 e. The summed E-state index contributed by atoms with van der Waals surface area (Å²) in [6, 6.07) is 7.85. The van der Waals surface area contributed by atoms with Crippen LogP contribution in [0.25, 0.3) is 0 Å². The zero-order valence-corrected chi connectivity index (χ0v) is 11.1. The average molecular weight is 288 g/mol. The first-order valence-electron chi connectivity index (χ1n) is 6.04. The van der Waals surface area contributed by atoms with E-state index in [0.717, 1.165) is 0 Å². The van der Waals surface area contributed by atoms with Gasteiger partial charge in [-0.3, -0.25) is 10.1 Å². The SMILES string of the molecule is Cc1cccc(OCc2cccnc2C(=O)O)c1[N+](=O)[O-]. The molecule has 0 amide bonds. The molecule has 21 heavy (non-hydrogen) atoms. The minimum absolute atomic E-state index is 0.0974. The van der Waals surface area contributed by atoms with Crippen LogP contribution in [0.2, 0.25) is 0 Å². The Labute approximate surface area is 120 Å². The summed E-state index contributed by atoms with van der Waals surface area (Å²) in [7, 11) is 0. The molecular weight excluding hydrogens is 276 g/mol. The number of benzene rings is 1. The molecule has 0 aliphatic carbocycles. The van der Waals surface area contributed by atoms with Gasteiger partial charge in [0.25, 0.3) is 0 Å². The highest BCUT2D eigenvalue weighted by molar-refractivity contribution is 5.86. The Morgan fingerprint density at radius 2 is 2.14 bits per heavy atom. The molecule has 0 radical (unpaired) electrons. The Bertz CT molecular complexity index is 700. The number of hydrogen-bond acceptors (Lipinski definition) is 5. The molecule has 1 aromatic heterocycles. The Morgan fingerprint density at radius 3 is 2.81 bits per heavy atom. The summed E-state index contributed by atoms with van der Waals surface area (Å²) in [5.41, 5.74) is 0.564. The lowest BCUT2D eigenvalue weighted by molar-refractivity contribution is -0.386. The summed E-state index contributed by atoms with van der Waals surface area (Å²) in [4.78, 5) is 25.3. The van der Waals surface area contributed by atoms with Gasteiger partial charge in [-0.05, 0) is 19.1 Å². The number of hydrogen-bond donors (Lipinski definition) is 1. The molecule has 2 aromatic rings. The molecule has 2 rings (SSSR count). The van der Waals surface area contributed by atoms with Crippen molar-refractivity contribution >= 4 is 11.7 Å². The number of aryl methyl sites for hydroxylation is 1. The van der Waals surface area contributed by atoms with Gasteiger partial charge in [0.05, 0.1) is 4.92 Å². The molecule has 7 nitrogen and oxygen atoms in total. The highest BCUT2D eigenvalue weighted by atomic mass is 16.6. The number of nitro groups is 1. The highest BCUT2D eigenvalue weighted by Crippen LogP contribution is 2.30. The van der Waals surface area contributed by atoms with Gasteiger partial charge >= 0.3 is 11.7 Å². The second-order valence-electron chi connectivity index (χ2n) is 4.28. The molecule has 0 aliphatic heterocycles. The summed E-state index contributed by atoms with van der Waals surface area (Å²) in [5, 5.41) is 20.1. The minimum Gasteiger partial charge on any atom is -0.482 e. The van der Waals surface area contributed by atoms with Crippen molar-refractivity contribution in [1.82, 2.24) is 4.98 Å². The maximum Gasteiger partial charge on any atom is 0.354 e. The number of nitro benzene ring substituents is 1. The Balaban J connectivity index is 2.28. The second kappa shape index (κ2) is 6.00. The number of aromatic nitrogens is 1. The molecule has 1 N–H and O–H groups in total. The van der Waals surface area contributed by atoms with Crippen molar-refractivity contribution in [2.24, 2.45) is 0 Å². The van der Waals surface area contributed by atoms with Gasteiger partial charge in [-0.2, -0.15) is 0 Å². The maximum atomic E-state index is 11.0. The largest absolute Gasteiger partial charge is 0.482 e. The van der Waals surface area contributed by atoms with Gasteiger partial charge in [0.15, 0.2) is 11.4 Å². The van der Waals surface area contributed by atoms with Crippen LogP contribution in [-0.2, 0) is 6.61 Å². The number of carboxylic acid groups (broad SMARTS) is 1. The van der Waals surface area contributed by atoms with E-state index in [1.54, 1.807) is 31.2 Å². The van der Waals surface area contributed by atoms with Crippen LogP contribution in [0.4, 0.5) is 5.69 Å². The van der Waals surface area contributed by atoms with Gasteiger partial charge < -0.3 is 9.84 Å². The first-order valence-corrected chi connectivity index (χ1v) is 6.04. The van der Waals surface area contributed by atoms with Crippen molar-refractivity contribution in [3.63, 3.8) is 0 Å². The number of carboxylic acids is 1. The summed E-state index contributed by atoms with van der Waals surface area (Å²) < 4.78 is 5.41. The van der Waals surface area contributed by atoms with Crippen LogP contribution in [0, 0.1) is 17.0 Å². The van der Waals surface area contributed by atoms with E-state index in [2.05, 4.69) is 4.98 Å². The van der Waals surface area contributed by atoms with Crippen LogP contribution in [0.3, 0.4) is 0 Å². The number of carbonyl (C=O) groups is 1. The van der Waals surface area contributed by atoms with Gasteiger partial charge in [-0.25, -0.2) is 9.78 Å². The molecule has 0 saturated carbocycles. The highest BCUT2D eigenvalue weighted by Gasteiger charge is 2.19. The van der Waals surface area contributed by atoms with Gasteiger partial charge in [0, 0.05) is 17.3 Å². The molecule has 108 valence electrons. The third kappa shape index (κ3) is 3.14. The fraction of sp³-hybridized carbons (Fsp3) is 0.143. The number of aromatic carboxylic acids is 1.